The maximum absolute atomic E-state index is 11.9. The SMILES string of the molecule is NC(=O)C1CCN(CCCCNC(=O)/C=C/c2c(Cl)cccc2Cl)CC1. The van der Waals surface area contributed by atoms with Crippen LogP contribution in [-0.4, -0.2) is 42.9 Å². The molecule has 3 N–H and O–H groups in total. The predicted molar refractivity (Wildman–Crippen MR) is 106 cm³/mol. The Balaban J connectivity index is 1.61. The lowest BCUT2D eigenvalue weighted by Gasteiger charge is -2.30. The van der Waals surface area contributed by atoms with Gasteiger partial charge in [0.15, 0.2) is 0 Å². The highest BCUT2D eigenvalue weighted by molar-refractivity contribution is 6.37. The Morgan fingerprint density at radius 3 is 2.46 bits per heavy atom. The average molecular weight is 398 g/mol. The number of nitrogens with one attached hydrogen (secondary N) is 1. The van der Waals surface area contributed by atoms with Gasteiger partial charge in [0, 0.05) is 34.1 Å². The zero-order valence-corrected chi connectivity index (χ0v) is 16.2. The monoisotopic (exact) mass is 397 g/mol. The number of nitrogens with two attached hydrogens (primary N) is 1. The lowest BCUT2D eigenvalue weighted by molar-refractivity contribution is -0.123. The molecule has 0 radical (unpaired) electrons. The van der Waals surface area contributed by atoms with E-state index in [0.717, 1.165) is 45.3 Å². The van der Waals surface area contributed by atoms with Gasteiger partial charge in [-0.2, -0.15) is 0 Å². The molecular weight excluding hydrogens is 373 g/mol. The quantitative estimate of drug-likeness (QED) is 0.522. The fourth-order valence-electron chi connectivity index (χ4n) is 3.00. The topological polar surface area (TPSA) is 75.4 Å². The molecule has 2 rings (SSSR count). The first-order chi connectivity index (χ1) is 12.5. The lowest BCUT2D eigenvalue weighted by atomic mass is 9.96. The molecule has 7 heteroatoms. The van der Waals surface area contributed by atoms with E-state index in [2.05, 4.69) is 10.2 Å². The van der Waals surface area contributed by atoms with Crippen molar-refractivity contribution in [2.45, 2.75) is 25.7 Å². The summed E-state index contributed by atoms with van der Waals surface area (Å²) in [6, 6.07) is 5.23. The second-order valence-corrected chi connectivity index (χ2v) is 7.30. The third-order valence-electron chi connectivity index (χ3n) is 4.59. The first-order valence-electron chi connectivity index (χ1n) is 8.89. The van der Waals surface area contributed by atoms with Crippen molar-refractivity contribution in [3.63, 3.8) is 0 Å². The molecule has 1 aliphatic rings. The van der Waals surface area contributed by atoms with Crippen LogP contribution in [0.4, 0.5) is 0 Å². The van der Waals surface area contributed by atoms with Crippen molar-refractivity contribution in [3.05, 3.63) is 39.9 Å². The Hall–Kier alpha value is -1.56. The third-order valence-corrected chi connectivity index (χ3v) is 5.25. The van der Waals surface area contributed by atoms with Gasteiger partial charge < -0.3 is 16.0 Å². The van der Waals surface area contributed by atoms with Crippen LogP contribution in [0, 0.1) is 5.92 Å². The summed E-state index contributed by atoms with van der Waals surface area (Å²) in [5, 5.41) is 3.89. The van der Waals surface area contributed by atoms with Crippen LogP contribution in [0.25, 0.3) is 6.08 Å². The van der Waals surface area contributed by atoms with Crippen molar-refractivity contribution in [3.8, 4) is 0 Å². The van der Waals surface area contributed by atoms with Gasteiger partial charge in [-0.1, -0.05) is 29.3 Å². The van der Waals surface area contributed by atoms with Gasteiger partial charge in [-0.15, -0.1) is 0 Å². The van der Waals surface area contributed by atoms with E-state index in [1.807, 2.05) is 0 Å². The smallest absolute Gasteiger partial charge is 0.244 e. The van der Waals surface area contributed by atoms with Crippen molar-refractivity contribution in [2.75, 3.05) is 26.2 Å². The van der Waals surface area contributed by atoms with Crippen LogP contribution in [0.3, 0.4) is 0 Å². The van der Waals surface area contributed by atoms with E-state index in [1.54, 1.807) is 24.3 Å². The van der Waals surface area contributed by atoms with Crippen LogP contribution >= 0.6 is 23.2 Å². The first kappa shape index (κ1) is 20.7. The van der Waals surface area contributed by atoms with Crippen LogP contribution in [0.15, 0.2) is 24.3 Å². The number of primary amides is 1. The number of hydrogen-bond acceptors (Lipinski definition) is 3. The second kappa shape index (κ2) is 10.6. The summed E-state index contributed by atoms with van der Waals surface area (Å²) in [4.78, 5) is 25.4. The minimum Gasteiger partial charge on any atom is -0.369 e. The predicted octanol–water partition coefficient (Wildman–Crippen LogP) is 3.10. The van der Waals surface area contributed by atoms with Gasteiger partial charge in [-0.05, 0) is 63.5 Å². The minimum absolute atomic E-state index is 0.0314. The summed E-state index contributed by atoms with van der Waals surface area (Å²) in [6.45, 7) is 3.44. The maximum Gasteiger partial charge on any atom is 0.244 e. The fraction of sp³-hybridized carbons (Fsp3) is 0.474. The highest BCUT2D eigenvalue weighted by Gasteiger charge is 2.22. The largest absolute Gasteiger partial charge is 0.369 e. The molecule has 0 atom stereocenters. The normalized spacial score (nSPS) is 16.1. The third kappa shape index (κ3) is 6.63. The molecule has 1 saturated heterocycles. The van der Waals surface area contributed by atoms with Gasteiger partial charge in [-0.25, -0.2) is 0 Å². The van der Waals surface area contributed by atoms with E-state index < -0.39 is 0 Å². The van der Waals surface area contributed by atoms with Gasteiger partial charge >= 0.3 is 0 Å². The summed E-state index contributed by atoms with van der Waals surface area (Å²) in [5.41, 5.74) is 5.98. The van der Waals surface area contributed by atoms with Gasteiger partial charge in [0.2, 0.25) is 11.8 Å². The second-order valence-electron chi connectivity index (χ2n) is 6.49. The van der Waals surface area contributed by atoms with Crippen LogP contribution in [0.2, 0.25) is 10.0 Å². The molecular formula is C19H25Cl2N3O2. The number of nitrogens with zero attached hydrogens (tertiary/aromatic N) is 1. The van der Waals surface area contributed by atoms with Gasteiger partial charge in [-0.3, -0.25) is 9.59 Å². The van der Waals surface area contributed by atoms with Crippen molar-refractivity contribution in [1.29, 1.82) is 0 Å². The van der Waals surface area contributed by atoms with Crippen molar-refractivity contribution in [1.82, 2.24) is 10.2 Å². The summed E-state index contributed by atoms with van der Waals surface area (Å²) in [6.07, 6.45) is 6.68. The zero-order chi connectivity index (χ0) is 18.9. The average Bonchev–Trinajstić information content (AvgIpc) is 2.61. The molecule has 26 heavy (non-hydrogen) atoms. The summed E-state index contributed by atoms with van der Waals surface area (Å²) >= 11 is 12.1. The molecule has 0 bridgehead atoms. The number of likely N-dealkylation sites (tertiary alicyclic amines) is 1. The number of amides is 2. The molecule has 1 aromatic rings. The van der Waals surface area contributed by atoms with Gasteiger partial charge in [0.25, 0.3) is 0 Å². The Morgan fingerprint density at radius 2 is 1.85 bits per heavy atom. The van der Waals surface area contributed by atoms with E-state index in [1.165, 1.54) is 6.08 Å². The number of piperidine rings is 1. The minimum atomic E-state index is -0.182. The number of benzene rings is 1. The molecule has 0 spiro atoms. The van der Waals surface area contributed by atoms with E-state index >= 15 is 0 Å². The number of rotatable bonds is 8. The highest BCUT2D eigenvalue weighted by atomic mass is 35.5. The Bertz CT molecular complexity index is 636. The number of hydrogen-bond donors (Lipinski definition) is 2. The number of halogens is 2. The van der Waals surface area contributed by atoms with Crippen molar-refractivity contribution < 1.29 is 9.59 Å². The standard InChI is InChI=1S/C19H25Cl2N3O2/c20-16-4-3-5-17(21)15(16)6-7-18(25)23-10-1-2-11-24-12-8-14(9-13-24)19(22)26/h3-7,14H,1-2,8-13H2,(H2,22,26)(H,23,25)/b7-6+. The number of carbonyl (C=O) groups excluding carboxylic acids is 2. The molecule has 2 amide bonds. The van der Waals surface area contributed by atoms with E-state index in [0.29, 0.717) is 22.2 Å². The highest BCUT2D eigenvalue weighted by Crippen LogP contribution is 2.25. The Kier molecular flexibility index (Phi) is 8.42. The molecule has 1 aromatic carbocycles. The van der Waals surface area contributed by atoms with Gasteiger partial charge in [0.1, 0.15) is 0 Å². The maximum atomic E-state index is 11.9. The summed E-state index contributed by atoms with van der Waals surface area (Å²) < 4.78 is 0. The van der Waals surface area contributed by atoms with E-state index in [9.17, 15) is 9.59 Å². The first-order valence-corrected chi connectivity index (χ1v) is 9.64. The van der Waals surface area contributed by atoms with Crippen LogP contribution in [-0.2, 0) is 9.59 Å². The molecule has 0 saturated carbocycles. The molecule has 0 aromatic heterocycles. The van der Waals surface area contributed by atoms with Crippen molar-refractivity contribution >= 4 is 41.1 Å². The summed E-state index contributed by atoms with van der Waals surface area (Å²) in [7, 11) is 0. The van der Waals surface area contributed by atoms with Crippen LogP contribution < -0.4 is 11.1 Å². The Labute approximate surface area is 164 Å². The van der Waals surface area contributed by atoms with Crippen LogP contribution in [0.5, 0.6) is 0 Å². The van der Waals surface area contributed by atoms with Crippen LogP contribution in [0.1, 0.15) is 31.2 Å². The Morgan fingerprint density at radius 1 is 1.19 bits per heavy atom. The number of unbranched alkanes of at least 4 members (excludes halogenated alkanes) is 1. The van der Waals surface area contributed by atoms with E-state index in [4.69, 9.17) is 28.9 Å². The fourth-order valence-corrected chi connectivity index (χ4v) is 3.52. The molecule has 1 heterocycles. The van der Waals surface area contributed by atoms with E-state index in [-0.39, 0.29) is 17.7 Å². The molecule has 5 nitrogen and oxygen atoms in total. The van der Waals surface area contributed by atoms with Gasteiger partial charge in [0.05, 0.1) is 0 Å². The zero-order valence-electron chi connectivity index (χ0n) is 14.7. The molecule has 0 aliphatic carbocycles. The molecule has 1 fully saturated rings. The number of carbonyl (C=O) groups is 2. The molecule has 0 unspecified atom stereocenters. The lowest BCUT2D eigenvalue weighted by Crippen LogP contribution is -2.39. The molecule has 142 valence electrons. The summed E-state index contributed by atoms with van der Waals surface area (Å²) in [5.74, 6) is -0.314. The van der Waals surface area contributed by atoms with Crippen molar-refractivity contribution in [2.24, 2.45) is 11.7 Å². The molecule has 1 aliphatic heterocycles.